The molecule has 0 aliphatic rings. The van der Waals surface area contributed by atoms with Crippen molar-refractivity contribution < 1.29 is 14.6 Å². The second-order valence-electron chi connectivity index (χ2n) is 3.82. The molecule has 2 aromatic rings. The third-order valence-corrected chi connectivity index (χ3v) is 2.84. The number of ether oxygens (including phenoxy) is 2. The highest BCUT2D eigenvalue weighted by atomic mass is 32.1. The molecule has 0 fully saturated rings. The van der Waals surface area contributed by atoms with Crippen LogP contribution in [0.25, 0.3) is 0 Å². The van der Waals surface area contributed by atoms with Crippen LogP contribution < -0.4 is 14.8 Å². The van der Waals surface area contributed by atoms with Gasteiger partial charge in [-0.1, -0.05) is 6.07 Å². The average Bonchev–Trinajstić information content (AvgIpc) is 2.96. The van der Waals surface area contributed by atoms with Gasteiger partial charge in [0.2, 0.25) is 5.88 Å². The number of nitrogens with one attached hydrogen (secondary N) is 1. The van der Waals surface area contributed by atoms with Gasteiger partial charge in [0.1, 0.15) is 24.7 Å². The lowest BCUT2D eigenvalue weighted by molar-refractivity contribution is 0.115. The molecule has 2 N–H and O–H groups in total. The predicted octanol–water partition coefficient (Wildman–Crippen LogP) is 1.40. The van der Waals surface area contributed by atoms with Gasteiger partial charge in [-0.25, -0.2) is 0 Å². The minimum absolute atomic E-state index is 0.169. The number of hydrogen-bond acceptors (Lipinski definition) is 7. The number of nitrogens with zero attached hydrogens (tertiary/aromatic N) is 2. The molecular weight excluding hydrogens is 266 g/mol. The van der Waals surface area contributed by atoms with Crippen molar-refractivity contribution in [3.63, 3.8) is 0 Å². The minimum Gasteiger partial charge on any atom is -0.497 e. The van der Waals surface area contributed by atoms with Crippen molar-refractivity contribution in [2.75, 3.05) is 25.6 Å². The third kappa shape index (κ3) is 4.38. The van der Waals surface area contributed by atoms with E-state index >= 15 is 0 Å². The van der Waals surface area contributed by atoms with Crippen LogP contribution in [0.1, 0.15) is 0 Å². The van der Waals surface area contributed by atoms with Crippen molar-refractivity contribution in [2.24, 2.45) is 0 Å². The number of aromatic nitrogens is 2. The second kappa shape index (κ2) is 6.91. The molecule has 0 radical (unpaired) electrons. The quantitative estimate of drug-likeness (QED) is 0.799. The zero-order valence-electron chi connectivity index (χ0n) is 10.4. The number of aliphatic hydroxyl groups is 1. The molecule has 1 aromatic heterocycles. The second-order valence-corrected chi connectivity index (χ2v) is 4.38. The zero-order chi connectivity index (χ0) is 13.5. The molecule has 1 atom stereocenters. The summed E-state index contributed by atoms with van der Waals surface area (Å²) in [7, 11) is 1.61. The van der Waals surface area contributed by atoms with Crippen LogP contribution in [0.3, 0.4) is 0 Å². The molecule has 0 bridgehead atoms. The van der Waals surface area contributed by atoms with Gasteiger partial charge in [0.05, 0.1) is 18.8 Å². The first kappa shape index (κ1) is 13.6. The maximum absolute atomic E-state index is 9.77. The fourth-order valence-corrected chi connectivity index (χ4v) is 1.79. The molecule has 0 amide bonds. The Kier molecular flexibility index (Phi) is 4.93. The van der Waals surface area contributed by atoms with E-state index in [1.54, 1.807) is 7.11 Å². The van der Waals surface area contributed by atoms with Crippen LogP contribution in [0, 0.1) is 0 Å². The fourth-order valence-electron chi connectivity index (χ4n) is 1.43. The molecule has 19 heavy (non-hydrogen) atoms. The largest absolute Gasteiger partial charge is 0.497 e. The molecule has 1 aromatic carbocycles. The normalized spacial score (nSPS) is 11.9. The van der Waals surface area contributed by atoms with Crippen LogP contribution in [0.4, 0.5) is 5.69 Å². The Morgan fingerprint density at radius 3 is 3.11 bits per heavy atom. The molecule has 0 saturated heterocycles. The first-order valence-electron chi connectivity index (χ1n) is 5.74. The molecule has 1 heterocycles. The van der Waals surface area contributed by atoms with Crippen molar-refractivity contribution in [2.45, 2.75) is 6.10 Å². The highest BCUT2D eigenvalue weighted by Gasteiger charge is 2.06. The van der Waals surface area contributed by atoms with E-state index in [1.807, 2.05) is 24.3 Å². The summed E-state index contributed by atoms with van der Waals surface area (Å²) >= 11 is 1.07. The van der Waals surface area contributed by atoms with Crippen LogP contribution in [-0.4, -0.2) is 40.2 Å². The van der Waals surface area contributed by atoms with Gasteiger partial charge in [0.25, 0.3) is 0 Å². The average molecular weight is 281 g/mol. The number of methoxy groups -OCH3 is 1. The van der Waals surface area contributed by atoms with Gasteiger partial charge < -0.3 is 19.9 Å². The Morgan fingerprint density at radius 1 is 1.47 bits per heavy atom. The zero-order valence-corrected chi connectivity index (χ0v) is 11.3. The Balaban J connectivity index is 1.74. The molecule has 0 aliphatic heterocycles. The lowest BCUT2D eigenvalue weighted by atomic mass is 10.3. The summed E-state index contributed by atoms with van der Waals surface area (Å²) < 4.78 is 18.1. The molecule has 6 nitrogen and oxygen atoms in total. The SMILES string of the molecule is COc1cccc(NCC(O)COc2cnsn2)c1. The number of anilines is 1. The van der Waals surface area contributed by atoms with Crippen LogP contribution in [0.5, 0.6) is 11.6 Å². The Bertz CT molecular complexity index is 493. The Hall–Kier alpha value is -1.86. The van der Waals surface area contributed by atoms with Crippen LogP contribution in [0.2, 0.25) is 0 Å². The van der Waals surface area contributed by atoms with Gasteiger partial charge in [-0.05, 0) is 12.1 Å². The Labute approximate surface area is 115 Å². The van der Waals surface area contributed by atoms with E-state index in [2.05, 4.69) is 14.1 Å². The first-order valence-corrected chi connectivity index (χ1v) is 6.47. The number of hydrogen-bond donors (Lipinski definition) is 2. The molecule has 7 heteroatoms. The van der Waals surface area contributed by atoms with E-state index in [9.17, 15) is 5.11 Å². The highest BCUT2D eigenvalue weighted by Crippen LogP contribution is 2.16. The smallest absolute Gasteiger partial charge is 0.245 e. The summed E-state index contributed by atoms with van der Waals surface area (Å²) in [4.78, 5) is 0. The summed E-state index contributed by atoms with van der Waals surface area (Å²) in [5.41, 5.74) is 0.883. The van der Waals surface area contributed by atoms with E-state index in [0.29, 0.717) is 12.4 Å². The maximum Gasteiger partial charge on any atom is 0.245 e. The van der Waals surface area contributed by atoms with Crippen molar-refractivity contribution >= 4 is 17.4 Å². The molecule has 2 rings (SSSR count). The lowest BCUT2D eigenvalue weighted by Crippen LogP contribution is -2.26. The predicted molar refractivity (Wildman–Crippen MR) is 72.9 cm³/mol. The number of rotatable bonds is 7. The van der Waals surface area contributed by atoms with Crippen molar-refractivity contribution in [1.29, 1.82) is 0 Å². The van der Waals surface area contributed by atoms with Crippen molar-refractivity contribution in [3.8, 4) is 11.6 Å². The van der Waals surface area contributed by atoms with E-state index < -0.39 is 6.10 Å². The summed E-state index contributed by atoms with van der Waals surface area (Å²) in [6.07, 6.45) is 0.889. The lowest BCUT2D eigenvalue weighted by Gasteiger charge is -2.13. The van der Waals surface area contributed by atoms with E-state index in [-0.39, 0.29) is 6.61 Å². The monoisotopic (exact) mass is 281 g/mol. The summed E-state index contributed by atoms with van der Waals surface area (Å²) in [5, 5.41) is 12.9. The Morgan fingerprint density at radius 2 is 2.37 bits per heavy atom. The summed E-state index contributed by atoms with van der Waals surface area (Å²) in [6, 6.07) is 7.50. The minimum atomic E-state index is -0.632. The number of aliphatic hydroxyl groups excluding tert-OH is 1. The standard InChI is InChI=1S/C12H15N3O3S/c1-17-11-4-2-3-9(5-11)13-6-10(16)8-18-12-7-14-19-15-12/h2-5,7,10,13,16H,6,8H2,1H3. The summed E-state index contributed by atoms with van der Waals surface area (Å²) in [6.45, 7) is 0.549. The highest BCUT2D eigenvalue weighted by molar-refractivity contribution is 6.99. The third-order valence-electron chi connectivity index (χ3n) is 2.38. The molecule has 0 saturated carbocycles. The van der Waals surface area contributed by atoms with E-state index in [0.717, 1.165) is 23.2 Å². The molecule has 1 unspecified atom stereocenters. The van der Waals surface area contributed by atoms with Gasteiger partial charge in [0.15, 0.2) is 0 Å². The topological polar surface area (TPSA) is 76.5 Å². The molecule has 102 valence electrons. The molecule has 0 aliphatic carbocycles. The van der Waals surface area contributed by atoms with Crippen LogP contribution in [0.15, 0.2) is 30.5 Å². The molecule has 0 spiro atoms. The summed E-state index contributed by atoms with van der Waals surface area (Å²) in [5.74, 6) is 1.20. The van der Waals surface area contributed by atoms with Crippen LogP contribution in [-0.2, 0) is 0 Å². The van der Waals surface area contributed by atoms with Crippen molar-refractivity contribution in [3.05, 3.63) is 30.5 Å². The van der Waals surface area contributed by atoms with Gasteiger partial charge in [-0.2, -0.15) is 4.37 Å². The first-order chi connectivity index (χ1) is 9.28. The van der Waals surface area contributed by atoms with Crippen molar-refractivity contribution in [1.82, 2.24) is 8.75 Å². The van der Waals surface area contributed by atoms with Gasteiger partial charge >= 0.3 is 0 Å². The van der Waals surface area contributed by atoms with Gasteiger partial charge in [-0.15, -0.1) is 4.37 Å². The van der Waals surface area contributed by atoms with E-state index in [4.69, 9.17) is 9.47 Å². The maximum atomic E-state index is 9.77. The van der Waals surface area contributed by atoms with Gasteiger partial charge in [0, 0.05) is 18.3 Å². The molecular formula is C12H15N3O3S. The number of benzene rings is 1. The fraction of sp³-hybridized carbons (Fsp3) is 0.333. The van der Waals surface area contributed by atoms with Gasteiger partial charge in [-0.3, -0.25) is 0 Å². The van der Waals surface area contributed by atoms with E-state index in [1.165, 1.54) is 6.20 Å². The van der Waals surface area contributed by atoms with Crippen LogP contribution >= 0.6 is 11.7 Å².